The van der Waals surface area contributed by atoms with Gasteiger partial charge in [-0.3, -0.25) is 0 Å². The molecule has 2 aromatic heterocycles. The Bertz CT molecular complexity index is 1130. The van der Waals surface area contributed by atoms with Crippen molar-refractivity contribution in [2.45, 2.75) is 34.7 Å². The SMILES string of the molecule is CCS(=O)(=O)c1nc(S(=O)(=O)c2ccc(C)cc2)c(NCc2cccs2)s1. The molecule has 0 bridgehead atoms. The van der Waals surface area contributed by atoms with Crippen LogP contribution in [0.2, 0.25) is 0 Å². The van der Waals surface area contributed by atoms with E-state index in [9.17, 15) is 16.8 Å². The summed E-state index contributed by atoms with van der Waals surface area (Å²) >= 11 is 2.38. The van der Waals surface area contributed by atoms with E-state index >= 15 is 0 Å². The van der Waals surface area contributed by atoms with Crippen LogP contribution in [0.25, 0.3) is 0 Å². The van der Waals surface area contributed by atoms with Gasteiger partial charge in [0.1, 0.15) is 5.00 Å². The summed E-state index contributed by atoms with van der Waals surface area (Å²) in [4.78, 5) is 5.09. The van der Waals surface area contributed by atoms with E-state index in [2.05, 4.69) is 10.3 Å². The molecule has 3 aromatic rings. The van der Waals surface area contributed by atoms with E-state index in [1.165, 1.54) is 30.4 Å². The highest BCUT2D eigenvalue weighted by Gasteiger charge is 2.30. The number of hydrogen-bond acceptors (Lipinski definition) is 8. The molecule has 0 amide bonds. The molecule has 0 saturated carbocycles. The van der Waals surface area contributed by atoms with E-state index in [4.69, 9.17) is 0 Å². The molecule has 1 aromatic carbocycles. The third-order valence-corrected chi connectivity index (χ3v) is 9.72. The van der Waals surface area contributed by atoms with Crippen LogP contribution in [0.1, 0.15) is 17.4 Å². The minimum atomic E-state index is -3.95. The molecule has 0 fully saturated rings. The zero-order valence-electron chi connectivity index (χ0n) is 14.7. The highest BCUT2D eigenvalue weighted by molar-refractivity contribution is 7.94. The van der Waals surface area contributed by atoms with Gasteiger partial charge in [0.15, 0.2) is 5.03 Å². The average Bonchev–Trinajstić information content (AvgIpc) is 3.30. The Morgan fingerprint density at radius 3 is 2.37 bits per heavy atom. The quantitative estimate of drug-likeness (QED) is 0.599. The predicted octanol–water partition coefficient (Wildman–Crippen LogP) is 3.75. The van der Waals surface area contributed by atoms with Gasteiger partial charge in [0.05, 0.1) is 17.2 Å². The molecule has 0 aliphatic rings. The molecule has 0 spiro atoms. The molecule has 0 radical (unpaired) electrons. The summed E-state index contributed by atoms with van der Waals surface area (Å²) in [6.07, 6.45) is 0. The molecular weight excluding hydrogens is 424 g/mol. The van der Waals surface area contributed by atoms with E-state index in [1.54, 1.807) is 12.1 Å². The van der Waals surface area contributed by atoms with Crippen LogP contribution in [0.15, 0.2) is 56.0 Å². The minimum absolute atomic E-state index is 0.0815. The van der Waals surface area contributed by atoms with Gasteiger partial charge in [0.25, 0.3) is 0 Å². The first-order chi connectivity index (χ1) is 12.7. The van der Waals surface area contributed by atoms with Crippen molar-refractivity contribution in [3.63, 3.8) is 0 Å². The Labute approximate surface area is 166 Å². The van der Waals surface area contributed by atoms with Gasteiger partial charge in [0, 0.05) is 4.88 Å². The van der Waals surface area contributed by atoms with Gasteiger partial charge in [-0.1, -0.05) is 42.0 Å². The number of thiazole rings is 1. The number of thiophene rings is 1. The Morgan fingerprint density at radius 1 is 1.07 bits per heavy atom. The number of rotatable bonds is 7. The second kappa shape index (κ2) is 7.70. The molecule has 1 N–H and O–H groups in total. The molecule has 144 valence electrons. The topological polar surface area (TPSA) is 93.2 Å². The number of benzene rings is 1. The fraction of sp³-hybridized carbons (Fsp3) is 0.235. The van der Waals surface area contributed by atoms with Crippen LogP contribution in [-0.2, 0) is 26.2 Å². The molecule has 27 heavy (non-hydrogen) atoms. The first kappa shape index (κ1) is 20.0. The molecule has 0 atom stereocenters. The van der Waals surface area contributed by atoms with Crippen LogP contribution in [0.4, 0.5) is 5.00 Å². The summed E-state index contributed by atoms with van der Waals surface area (Å²) in [5.74, 6) is -0.144. The van der Waals surface area contributed by atoms with Crippen LogP contribution < -0.4 is 5.32 Å². The summed E-state index contributed by atoms with van der Waals surface area (Å²) in [6, 6.07) is 10.2. The fourth-order valence-electron chi connectivity index (χ4n) is 2.25. The molecule has 0 aliphatic heterocycles. The van der Waals surface area contributed by atoms with Gasteiger partial charge in [0.2, 0.25) is 24.0 Å². The Morgan fingerprint density at radius 2 is 1.78 bits per heavy atom. The number of hydrogen-bond donors (Lipinski definition) is 1. The van der Waals surface area contributed by atoms with E-state index in [0.29, 0.717) is 6.54 Å². The Hall–Kier alpha value is -1.75. The van der Waals surface area contributed by atoms with Gasteiger partial charge >= 0.3 is 0 Å². The largest absolute Gasteiger partial charge is 0.370 e. The van der Waals surface area contributed by atoms with Crippen molar-refractivity contribution in [1.82, 2.24) is 4.98 Å². The van der Waals surface area contributed by atoms with E-state index in [-0.39, 0.29) is 25.0 Å². The summed E-state index contributed by atoms with van der Waals surface area (Å²) in [5, 5.41) is 4.94. The van der Waals surface area contributed by atoms with Crippen molar-refractivity contribution in [3.05, 3.63) is 52.2 Å². The van der Waals surface area contributed by atoms with Gasteiger partial charge < -0.3 is 5.32 Å². The lowest BCUT2D eigenvalue weighted by Gasteiger charge is -2.06. The van der Waals surface area contributed by atoms with Crippen molar-refractivity contribution in [3.8, 4) is 0 Å². The maximum atomic E-state index is 13.1. The first-order valence-corrected chi connectivity index (χ1v) is 12.9. The number of aromatic nitrogens is 1. The lowest BCUT2D eigenvalue weighted by molar-refractivity contribution is 0.590. The summed E-state index contributed by atoms with van der Waals surface area (Å²) in [7, 11) is -7.56. The standard InChI is InChI=1S/C17H18N2O4S4/c1-3-26(20,21)17-19-16(15(25-17)18-11-13-5-4-10-24-13)27(22,23)14-8-6-12(2)7-9-14/h4-10,18H,3,11H2,1-2H3. The zero-order chi connectivity index (χ0) is 19.7. The van der Waals surface area contributed by atoms with Crippen molar-refractivity contribution in [2.24, 2.45) is 0 Å². The van der Waals surface area contributed by atoms with E-state index in [0.717, 1.165) is 21.8 Å². The molecule has 2 heterocycles. The zero-order valence-corrected chi connectivity index (χ0v) is 17.9. The van der Waals surface area contributed by atoms with Gasteiger partial charge in [-0.05, 0) is 30.5 Å². The van der Waals surface area contributed by atoms with Gasteiger partial charge in [-0.25, -0.2) is 21.8 Å². The third kappa shape index (κ3) is 4.23. The number of aryl methyl sites for hydroxylation is 1. The van der Waals surface area contributed by atoms with Crippen LogP contribution in [0, 0.1) is 6.92 Å². The van der Waals surface area contributed by atoms with Crippen LogP contribution >= 0.6 is 22.7 Å². The molecule has 6 nitrogen and oxygen atoms in total. The first-order valence-electron chi connectivity index (χ1n) is 8.05. The fourth-order valence-corrected chi connectivity index (χ4v) is 6.88. The summed E-state index contributed by atoms with van der Waals surface area (Å²) in [5.41, 5.74) is 0.928. The van der Waals surface area contributed by atoms with Crippen molar-refractivity contribution < 1.29 is 16.8 Å². The second-order valence-corrected chi connectivity index (χ2v) is 12.1. The molecule has 0 saturated heterocycles. The molecule has 3 rings (SSSR count). The average molecular weight is 443 g/mol. The highest BCUT2D eigenvalue weighted by Crippen LogP contribution is 2.35. The number of sulfone groups is 2. The molecule has 0 unspecified atom stereocenters. The highest BCUT2D eigenvalue weighted by atomic mass is 32.2. The second-order valence-electron chi connectivity index (χ2n) is 5.77. The lowest BCUT2D eigenvalue weighted by Crippen LogP contribution is -2.08. The molecule has 0 aliphatic carbocycles. The van der Waals surface area contributed by atoms with Gasteiger partial charge in [-0.2, -0.15) is 0 Å². The van der Waals surface area contributed by atoms with Crippen molar-refractivity contribution >= 4 is 47.3 Å². The number of nitrogens with zero attached hydrogens (tertiary/aromatic N) is 1. The monoisotopic (exact) mass is 442 g/mol. The maximum absolute atomic E-state index is 13.1. The normalized spacial score (nSPS) is 12.2. The van der Waals surface area contributed by atoms with Crippen molar-refractivity contribution in [2.75, 3.05) is 11.1 Å². The summed E-state index contributed by atoms with van der Waals surface area (Å²) in [6.45, 7) is 3.75. The van der Waals surface area contributed by atoms with E-state index in [1.807, 2.05) is 24.4 Å². The van der Waals surface area contributed by atoms with Crippen LogP contribution in [0.5, 0.6) is 0 Å². The molecule has 10 heteroatoms. The lowest BCUT2D eigenvalue weighted by atomic mass is 10.2. The summed E-state index contributed by atoms with van der Waals surface area (Å²) < 4.78 is 50.4. The Balaban J connectivity index is 2.07. The Kier molecular flexibility index (Phi) is 5.71. The van der Waals surface area contributed by atoms with E-state index < -0.39 is 19.7 Å². The number of nitrogens with one attached hydrogen (secondary N) is 1. The number of anilines is 1. The smallest absolute Gasteiger partial charge is 0.226 e. The predicted molar refractivity (Wildman–Crippen MR) is 108 cm³/mol. The minimum Gasteiger partial charge on any atom is -0.370 e. The van der Waals surface area contributed by atoms with Crippen LogP contribution in [0.3, 0.4) is 0 Å². The van der Waals surface area contributed by atoms with Gasteiger partial charge in [-0.15, -0.1) is 11.3 Å². The third-order valence-electron chi connectivity index (χ3n) is 3.81. The maximum Gasteiger partial charge on any atom is 0.226 e. The van der Waals surface area contributed by atoms with Crippen LogP contribution in [-0.4, -0.2) is 27.6 Å². The molecular formula is C17H18N2O4S4. The van der Waals surface area contributed by atoms with Crippen molar-refractivity contribution in [1.29, 1.82) is 0 Å².